The van der Waals surface area contributed by atoms with E-state index < -0.39 is 0 Å². The Morgan fingerprint density at radius 2 is 1.56 bits per heavy atom. The van der Waals surface area contributed by atoms with Crippen LogP contribution in [0.25, 0.3) is 0 Å². The van der Waals surface area contributed by atoms with Gasteiger partial charge in [0.2, 0.25) is 0 Å². The summed E-state index contributed by atoms with van der Waals surface area (Å²) in [7, 11) is 0. The second-order valence-corrected chi connectivity index (χ2v) is 5.30. The lowest BCUT2D eigenvalue weighted by molar-refractivity contribution is 0.103. The average Bonchev–Trinajstić information content (AvgIpc) is 2.47. The molecular weight excluding hydrogens is 288 g/mol. The highest BCUT2D eigenvalue weighted by atomic mass is 79.9. The first kappa shape index (κ1) is 13.0. The third-order valence-electron chi connectivity index (χ3n) is 2.93. The molecule has 2 aromatic rings. The maximum absolute atomic E-state index is 12.2. The summed E-state index contributed by atoms with van der Waals surface area (Å²) in [5.41, 5.74) is 2.68. The van der Waals surface area contributed by atoms with Gasteiger partial charge in [0, 0.05) is 16.0 Å². The van der Waals surface area contributed by atoms with E-state index in [4.69, 9.17) is 0 Å². The molecule has 0 amide bonds. The van der Waals surface area contributed by atoms with Crippen molar-refractivity contribution in [2.24, 2.45) is 0 Å². The van der Waals surface area contributed by atoms with Crippen LogP contribution in [0.15, 0.2) is 54.6 Å². The number of halogens is 1. The van der Waals surface area contributed by atoms with Crippen molar-refractivity contribution in [2.75, 3.05) is 0 Å². The largest absolute Gasteiger partial charge is 0.289 e. The van der Waals surface area contributed by atoms with Crippen molar-refractivity contribution in [3.8, 4) is 0 Å². The van der Waals surface area contributed by atoms with Gasteiger partial charge in [0.05, 0.1) is 0 Å². The van der Waals surface area contributed by atoms with Crippen molar-refractivity contribution in [2.45, 2.75) is 18.2 Å². The Morgan fingerprint density at radius 3 is 2.11 bits per heavy atom. The van der Waals surface area contributed by atoms with Gasteiger partial charge in [-0.1, -0.05) is 77.5 Å². The van der Waals surface area contributed by atoms with Crippen molar-refractivity contribution >= 4 is 21.7 Å². The van der Waals surface area contributed by atoms with Crippen LogP contribution in [0.4, 0.5) is 0 Å². The van der Waals surface area contributed by atoms with Gasteiger partial charge in [-0.05, 0) is 12.0 Å². The predicted molar refractivity (Wildman–Crippen MR) is 78.3 cm³/mol. The molecule has 0 fully saturated rings. The van der Waals surface area contributed by atoms with Gasteiger partial charge in [-0.3, -0.25) is 4.79 Å². The van der Waals surface area contributed by atoms with Gasteiger partial charge in [-0.15, -0.1) is 0 Å². The standard InChI is InChI=1S/C16H15BrO/c1-2-15(17)12-8-10-14(11-9-12)16(18)13-6-4-3-5-7-13/h3-11,15H,2H2,1H3. The Labute approximate surface area is 116 Å². The molecule has 2 heteroatoms. The molecule has 0 radical (unpaired) electrons. The molecular formula is C16H15BrO. The zero-order valence-corrected chi connectivity index (χ0v) is 11.9. The molecule has 2 rings (SSSR count). The molecule has 18 heavy (non-hydrogen) atoms. The number of benzene rings is 2. The quantitative estimate of drug-likeness (QED) is 0.587. The van der Waals surface area contributed by atoms with Gasteiger partial charge >= 0.3 is 0 Å². The van der Waals surface area contributed by atoms with Crippen LogP contribution < -0.4 is 0 Å². The molecule has 0 aromatic heterocycles. The van der Waals surface area contributed by atoms with Crippen LogP contribution in [0.2, 0.25) is 0 Å². The van der Waals surface area contributed by atoms with Crippen LogP contribution >= 0.6 is 15.9 Å². The van der Waals surface area contributed by atoms with Crippen LogP contribution in [0, 0.1) is 0 Å². The number of carbonyl (C=O) groups is 1. The van der Waals surface area contributed by atoms with Crippen LogP contribution in [-0.2, 0) is 0 Å². The van der Waals surface area contributed by atoms with Crippen LogP contribution in [0.1, 0.15) is 39.7 Å². The van der Waals surface area contributed by atoms with Gasteiger partial charge in [0.15, 0.2) is 5.78 Å². The fourth-order valence-corrected chi connectivity index (χ4v) is 2.14. The number of rotatable bonds is 4. The highest BCUT2D eigenvalue weighted by Gasteiger charge is 2.09. The molecule has 0 aliphatic carbocycles. The van der Waals surface area contributed by atoms with E-state index in [1.807, 2.05) is 54.6 Å². The first-order valence-corrected chi connectivity index (χ1v) is 6.97. The number of ketones is 1. The summed E-state index contributed by atoms with van der Waals surface area (Å²) in [5, 5.41) is 0. The van der Waals surface area contributed by atoms with E-state index in [0.717, 1.165) is 17.5 Å². The maximum Gasteiger partial charge on any atom is 0.193 e. The van der Waals surface area contributed by atoms with Crippen molar-refractivity contribution in [1.29, 1.82) is 0 Å². The average molecular weight is 303 g/mol. The van der Waals surface area contributed by atoms with E-state index in [1.165, 1.54) is 5.56 Å². The minimum atomic E-state index is 0.0739. The van der Waals surface area contributed by atoms with Gasteiger partial charge in [-0.25, -0.2) is 0 Å². The van der Waals surface area contributed by atoms with Gasteiger partial charge < -0.3 is 0 Å². The summed E-state index contributed by atoms with van der Waals surface area (Å²) in [6.07, 6.45) is 1.03. The lowest BCUT2D eigenvalue weighted by atomic mass is 10.0. The third-order valence-corrected chi connectivity index (χ3v) is 4.11. The minimum absolute atomic E-state index is 0.0739. The number of hydrogen-bond donors (Lipinski definition) is 0. The number of hydrogen-bond acceptors (Lipinski definition) is 1. The Balaban J connectivity index is 2.22. The molecule has 0 bridgehead atoms. The number of alkyl halides is 1. The van der Waals surface area contributed by atoms with Crippen LogP contribution in [-0.4, -0.2) is 5.78 Å². The Hall–Kier alpha value is -1.41. The Bertz CT molecular complexity index is 517. The second kappa shape index (κ2) is 5.96. The Kier molecular flexibility index (Phi) is 4.32. The van der Waals surface area contributed by atoms with Crippen LogP contribution in [0.3, 0.4) is 0 Å². The molecule has 1 atom stereocenters. The fraction of sp³-hybridized carbons (Fsp3) is 0.188. The predicted octanol–water partition coefficient (Wildman–Crippen LogP) is 4.76. The molecule has 0 saturated carbocycles. The topological polar surface area (TPSA) is 17.1 Å². The molecule has 2 aromatic carbocycles. The molecule has 1 nitrogen and oxygen atoms in total. The summed E-state index contributed by atoms with van der Waals surface area (Å²) in [6.45, 7) is 2.13. The summed E-state index contributed by atoms with van der Waals surface area (Å²) >= 11 is 3.61. The Morgan fingerprint density at radius 1 is 1.00 bits per heavy atom. The summed E-state index contributed by atoms with van der Waals surface area (Å²) < 4.78 is 0. The van der Waals surface area contributed by atoms with Crippen molar-refractivity contribution in [3.63, 3.8) is 0 Å². The third kappa shape index (κ3) is 2.88. The smallest absolute Gasteiger partial charge is 0.193 e. The number of carbonyl (C=O) groups excluding carboxylic acids is 1. The maximum atomic E-state index is 12.2. The van der Waals surface area contributed by atoms with Crippen molar-refractivity contribution in [3.05, 3.63) is 71.3 Å². The molecule has 1 unspecified atom stereocenters. The fourth-order valence-electron chi connectivity index (χ4n) is 1.84. The minimum Gasteiger partial charge on any atom is -0.289 e. The second-order valence-electron chi connectivity index (χ2n) is 4.19. The van der Waals surface area contributed by atoms with Gasteiger partial charge in [0.25, 0.3) is 0 Å². The molecule has 0 aliphatic heterocycles. The first-order chi connectivity index (χ1) is 8.72. The molecule has 92 valence electrons. The zero-order valence-electron chi connectivity index (χ0n) is 10.3. The van der Waals surface area contributed by atoms with E-state index in [0.29, 0.717) is 4.83 Å². The molecule has 0 heterocycles. The highest BCUT2D eigenvalue weighted by Crippen LogP contribution is 2.26. The summed E-state index contributed by atoms with van der Waals surface area (Å²) in [5.74, 6) is 0.0739. The molecule has 0 saturated heterocycles. The van der Waals surface area contributed by atoms with Gasteiger partial charge in [0.1, 0.15) is 0 Å². The van der Waals surface area contributed by atoms with Crippen LogP contribution in [0.5, 0.6) is 0 Å². The van der Waals surface area contributed by atoms with Gasteiger partial charge in [-0.2, -0.15) is 0 Å². The molecule has 0 spiro atoms. The molecule has 0 N–H and O–H groups in total. The summed E-state index contributed by atoms with van der Waals surface area (Å²) in [4.78, 5) is 12.5. The van der Waals surface area contributed by atoms with E-state index in [9.17, 15) is 4.79 Å². The first-order valence-electron chi connectivity index (χ1n) is 6.06. The van der Waals surface area contributed by atoms with Crippen molar-refractivity contribution < 1.29 is 4.79 Å². The monoisotopic (exact) mass is 302 g/mol. The molecule has 0 aliphatic rings. The lowest BCUT2D eigenvalue weighted by Crippen LogP contribution is -2.01. The van der Waals surface area contributed by atoms with E-state index in [2.05, 4.69) is 22.9 Å². The zero-order chi connectivity index (χ0) is 13.0. The lowest BCUT2D eigenvalue weighted by Gasteiger charge is -2.08. The summed E-state index contributed by atoms with van der Waals surface area (Å²) in [6, 6.07) is 17.2. The SMILES string of the molecule is CCC(Br)c1ccc(C(=O)c2ccccc2)cc1. The van der Waals surface area contributed by atoms with E-state index in [1.54, 1.807) is 0 Å². The van der Waals surface area contributed by atoms with E-state index in [-0.39, 0.29) is 5.78 Å². The normalized spacial score (nSPS) is 12.1. The van der Waals surface area contributed by atoms with Crippen molar-refractivity contribution in [1.82, 2.24) is 0 Å². The van der Waals surface area contributed by atoms with E-state index >= 15 is 0 Å². The highest BCUT2D eigenvalue weighted by molar-refractivity contribution is 9.09.